The highest BCUT2D eigenvalue weighted by Gasteiger charge is 2.05. The molecule has 0 amide bonds. The number of ether oxygens (including phenoxy) is 1. The first-order valence-electron chi connectivity index (χ1n) is 5.51. The number of rotatable bonds is 5. The van der Waals surface area contributed by atoms with E-state index in [4.69, 9.17) is 4.74 Å². The number of fused-ring (bicyclic) bond motifs is 1. The van der Waals surface area contributed by atoms with Gasteiger partial charge in [0, 0.05) is 11.6 Å². The Labute approximate surface area is 94.6 Å². The molecule has 0 aliphatic heterocycles. The van der Waals surface area contributed by atoms with Crippen molar-refractivity contribution in [1.82, 2.24) is 4.57 Å². The number of nitrogens with zero attached hydrogens (tertiary/aromatic N) is 1. The van der Waals surface area contributed by atoms with Gasteiger partial charge in [-0.25, -0.2) is 0 Å². The van der Waals surface area contributed by atoms with Gasteiger partial charge in [0.15, 0.2) is 0 Å². The van der Waals surface area contributed by atoms with Crippen LogP contribution in [0.25, 0.3) is 10.9 Å². The van der Waals surface area contributed by atoms with E-state index < -0.39 is 0 Å². The van der Waals surface area contributed by atoms with Crippen molar-refractivity contribution in [2.24, 2.45) is 0 Å². The summed E-state index contributed by atoms with van der Waals surface area (Å²) in [4.78, 5) is 10.5. The normalized spacial score (nSPS) is 10.6. The van der Waals surface area contributed by atoms with Gasteiger partial charge in [-0.2, -0.15) is 0 Å². The maximum Gasteiger partial charge on any atom is 0.139 e. The Morgan fingerprint density at radius 2 is 2.25 bits per heavy atom. The fourth-order valence-corrected chi connectivity index (χ4v) is 1.77. The summed E-state index contributed by atoms with van der Waals surface area (Å²) in [5.41, 5.74) is 1.04. The first-order valence-corrected chi connectivity index (χ1v) is 5.51. The molecule has 1 aromatic heterocycles. The lowest BCUT2D eigenvalue weighted by Crippen LogP contribution is -1.97. The molecule has 0 unspecified atom stereocenters. The summed E-state index contributed by atoms with van der Waals surface area (Å²) in [6.45, 7) is 3.19. The van der Waals surface area contributed by atoms with E-state index in [-0.39, 0.29) is 0 Å². The fraction of sp³-hybridized carbons (Fsp3) is 0.308. The first-order chi connectivity index (χ1) is 7.86. The summed E-state index contributed by atoms with van der Waals surface area (Å²) < 4.78 is 7.58. The van der Waals surface area contributed by atoms with Crippen molar-refractivity contribution in [3.8, 4) is 5.75 Å². The van der Waals surface area contributed by atoms with E-state index in [1.54, 1.807) is 0 Å². The summed E-state index contributed by atoms with van der Waals surface area (Å²) in [5.74, 6) is 0.893. The molecular formula is C13H15NO2. The predicted molar refractivity (Wildman–Crippen MR) is 63.8 cm³/mol. The minimum absolute atomic E-state index is 0.390. The van der Waals surface area contributed by atoms with Gasteiger partial charge in [-0.15, -0.1) is 0 Å². The van der Waals surface area contributed by atoms with Gasteiger partial charge in [-0.05, 0) is 24.6 Å². The van der Waals surface area contributed by atoms with Gasteiger partial charge in [-0.1, -0.05) is 13.0 Å². The highest BCUT2D eigenvalue weighted by atomic mass is 16.5. The van der Waals surface area contributed by atoms with Gasteiger partial charge < -0.3 is 14.1 Å². The summed E-state index contributed by atoms with van der Waals surface area (Å²) in [6, 6.07) is 7.90. The number of benzene rings is 1. The maximum atomic E-state index is 10.5. The molecule has 0 fully saturated rings. The topological polar surface area (TPSA) is 31.2 Å². The average molecular weight is 217 g/mol. The second-order valence-corrected chi connectivity index (χ2v) is 3.67. The molecule has 0 saturated heterocycles. The Morgan fingerprint density at radius 3 is 3.00 bits per heavy atom. The van der Waals surface area contributed by atoms with E-state index in [0.717, 1.165) is 36.0 Å². The van der Waals surface area contributed by atoms with Crippen LogP contribution >= 0.6 is 0 Å². The molecule has 1 heterocycles. The van der Waals surface area contributed by atoms with Crippen LogP contribution in [-0.4, -0.2) is 17.5 Å². The van der Waals surface area contributed by atoms with Crippen molar-refractivity contribution < 1.29 is 9.53 Å². The van der Waals surface area contributed by atoms with Crippen LogP contribution in [0.4, 0.5) is 0 Å². The van der Waals surface area contributed by atoms with Crippen LogP contribution in [0.15, 0.2) is 30.5 Å². The lowest BCUT2D eigenvalue weighted by atomic mass is 10.2. The highest BCUT2D eigenvalue weighted by molar-refractivity contribution is 5.86. The maximum absolute atomic E-state index is 10.5. The number of hydrogen-bond acceptors (Lipinski definition) is 2. The van der Waals surface area contributed by atoms with Crippen LogP contribution in [-0.2, 0) is 11.3 Å². The summed E-state index contributed by atoms with van der Waals surface area (Å²) in [7, 11) is 0. The van der Waals surface area contributed by atoms with Crippen molar-refractivity contribution in [3.05, 3.63) is 30.5 Å². The lowest BCUT2D eigenvalue weighted by Gasteiger charge is -2.06. The zero-order valence-corrected chi connectivity index (χ0v) is 9.35. The van der Waals surface area contributed by atoms with E-state index in [1.807, 2.05) is 35.0 Å². The predicted octanol–water partition coefficient (Wildman–Crippen LogP) is 2.63. The van der Waals surface area contributed by atoms with Gasteiger partial charge in [-0.3, -0.25) is 0 Å². The lowest BCUT2D eigenvalue weighted by molar-refractivity contribution is -0.108. The van der Waals surface area contributed by atoms with Crippen LogP contribution in [0.1, 0.15) is 13.3 Å². The molecule has 0 bridgehead atoms. The molecule has 0 aliphatic rings. The molecule has 0 aliphatic carbocycles. The van der Waals surface area contributed by atoms with Crippen LogP contribution in [0.3, 0.4) is 0 Å². The van der Waals surface area contributed by atoms with Gasteiger partial charge in [0.05, 0.1) is 18.7 Å². The summed E-state index contributed by atoms with van der Waals surface area (Å²) in [5, 5.41) is 1.07. The zero-order valence-electron chi connectivity index (χ0n) is 9.35. The van der Waals surface area contributed by atoms with E-state index in [9.17, 15) is 4.79 Å². The molecule has 3 nitrogen and oxygen atoms in total. The van der Waals surface area contributed by atoms with Crippen LogP contribution in [0.5, 0.6) is 5.75 Å². The molecule has 2 aromatic rings. The monoisotopic (exact) mass is 217 g/mol. The molecule has 0 N–H and O–H groups in total. The fourth-order valence-electron chi connectivity index (χ4n) is 1.77. The van der Waals surface area contributed by atoms with Gasteiger partial charge in [0.25, 0.3) is 0 Å². The summed E-state index contributed by atoms with van der Waals surface area (Å²) in [6.07, 6.45) is 3.81. The smallest absolute Gasteiger partial charge is 0.139 e. The molecule has 0 radical (unpaired) electrons. The van der Waals surface area contributed by atoms with Gasteiger partial charge >= 0.3 is 0 Å². The molecule has 16 heavy (non-hydrogen) atoms. The van der Waals surface area contributed by atoms with E-state index in [2.05, 4.69) is 6.92 Å². The van der Waals surface area contributed by atoms with Crippen molar-refractivity contribution in [3.63, 3.8) is 0 Å². The highest BCUT2D eigenvalue weighted by Crippen LogP contribution is 2.26. The Morgan fingerprint density at radius 1 is 1.38 bits per heavy atom. The largest absolute Gasteiger partial charge is 0.493 e. The van der Waals surface area contributed by atoms with Crippen LogP contribution in [0, 0.1) is 0 Å². The van der Waals surface area contributed by atoms with Gasteiger partial charge in [0.1, 0.15) is 12.0 Å². The SMILES string of the molecule is CCCOc1cccc2c1ccn2CC=O. The Balaban J connectivity index is 2.40. The van der Waals surface area contributed by atoms with E-state index >= 15 is 0 Å². The Bertz CT molecular complexity index is 488. The second-order valence-electron chi connectivity index (χ2n) is 3.67. The molecule has 0 spiro atoms. The van der Waals surface area contributed by atoms with Crippen molar-refractivity contribution in [1.29, 1.82) is 0 Å². The third-order valence-corrected chi connectivity index (χ3v) is 2.51. The third-order valence-electron chi connectivity index (χ3n) is 2.51. The zero-order chi connectivity index (χ0) is 11.4. The van der Waals surface area contributed by atoms with E-state index in [1.165, 1.54) is 0 Å². The first kappa shape index (κ1) is 10.7. The molecular weight excluding hydrogens is 202 g/mol. The quantitative estimate of drug-likeness (QED) is 0.721. The van der Waals surface area contributed by atoms with E-state index in [0.29, 0.717) is 6.54 Å². The molecule has 0 atom stereocenters. The Kier molecular flexibility index (Phi) is 3.25. The van der Waals surface area contributed by atoms with Crippen molar-refractivity contribution >= 4 is 17.2 Å². The molecule has 0 saturated carbocycles. The molecule has 1 aromatic carbocycles. The average Bonchev–Trinajstić information content (AvgIpc) is 2.71. The molecule has 84 valence electrons. The van der Waals surface area contributed by atoms with Crippen LogP contribution in [0.2, 0.25) is 0 Å². The second kappa shape index (κ2) is 4.84. The number of carbonyl (C=O) groups excluding carboxylic acids is 1. The number of hydrogen-bond donors (Lipinski definition) is 0. The van der Waals surface area contributed by atoms with Crippen molar-refractivity contribution in [2.75, 3.05) is 6.61 Å². The van der Waals surface area contributed by atoms with Gasteiger partial charge in [0.2, 0.25) is 0 Å². The Hall–Kier alpha value is -1.77. The summed E-state index contributed by atoms with van der Waals surface area (Å²) >= 11 is 0. The molecule has 2 rings (SSSR count). The minimum Gasteiger partial charge on any atom is -0.493 e. The van der Waals surface area contributed by atoms with Crippen LogP contribution < -0.4 is 4.74 Å². The molecule has 3 heteroatoms. The van der Waals surface area contributed by atoms with Crippen molar-refractivity contribution in [2.45, 2.75) is 19.9 Å². The minimum atomic E-state index is 0.390. The standard InChI is InChI=1S/C13H15NO2/c1-2-10-16-13-5-3-4-12-11(13)6-7-14(12)8-9-15/h3-7,9H,2,8,10H2,1H3. The number of carbonyl (C=O) groups is 1. The number of aromatic nitrogens is 1. The number of aldehydes is 1. The third kappa shape index (κ3) is 1.94.